The van der Waals surface area contributed by atoms with Gasteiger partial charge >= 0.3 is 0 Å². The van der Waals surface area contributed by atoms with E-state index in [-0.39, 0.29) is 0 Å². The van der Waals surface area contributed by atoms with E-state index >= 15 is 0 Å². The van der Waals surface area contributed by atoms with Gasteiger partial charge in [0.25, 0.3) is 0 Å². The van der Waals surface area contributed by atoms with Crippen molar-refractivity contribution < 1.29 is 4.74 Å². The van der Waals surface area contributed by atoms with E-state index in [4.69, 9.17) is 4.74 Å². The molecule has 22 heavy (non-hydrogen) atoms. The minimum Gasteiger partial charge on any atom is -0.368 e. The summed E-state index contributed by atoms with van der Waals surface area (Å²) in [6.45, 7) is 5.21. The van der Waals surface area contributed by atoms with Crippen LogP contribution in [0.3, 0.4) is 0 Å². The molecule has 3 rings (SSSR count). The van der Waals surface area contributed by atoms with E-state index in [9.17, 15) is 0 Å². The summed E-state index contributed by atoms with van der Waals surface area (Å²) in [5, 5.41) is 0. The Kier molecular flexibility index (Phi) is 5.25. The minimum absolute atomic E-state index is 0.423. The SMILES string of the molecule is CCC[C@@H]1O[C@H]1CN(Cc1ccccc1)Cc1ccccc1. The normalized spacial score (nSPS) is 20.3. The summed E-state index contributed by atoms with van der Waals surface area (Å²) >= 11 is 0. The standard InChI is InChI=1S/C20H25NO/c1-2-9-19-20(22-19)16-21(14-17-10-5-3-6-11-17)15-18-12-7-4-8-13-18/h3-8,10-13,19-20H,2,9,14-16H2,1H3/t19-,20-/m0/s1. The van der Waals surface area contributed by atoms with Gasteiger partial charge < -0.3 is 4.74 Å². The molecule has 2 nitrogen and oxygen atoms in total. The highest BCUT2D eigenvalue weighted by Gasteiger charge is 2.38. The summed E-state index contributed by atoms with van der Waals surface area (Å²) in [4.78, 5) is 2.50. The van der Waals surface area contributed by atoms with E-state index in [0.717, 1.165) is 19.6 Å². The average molecular weight is 295 g/mol. The molecule has 0 saturated carbocycles. The summed E-state index contributed by atoms with van der Waals surface area (Å²) in [6.07, 6.45) is 3.31. The summed E-state index contributed by atoms with van der Waals surface area (Å²) in [5.74, 6) is 0. The Balaban J connectivity index is 1.63. The molecular formula is C20H25NO. The minimum atomic E-state index is 0.423. The van der Waals surface area contributed by atoms with Crippen LogP contribution in [-0.2, 0) is 17.8 Å². The van der Waals surface area contributed by atoms with E-state index in [1.54, 1.807) is 0 Å². The van der Waals surface area contributed by atoms with Gasteiger partial charge in [-0.2, -0.15) is 0 Å². The molecule has 2 heteroatoms. The summed E-state index contributed by atoms with van der Waals surface area (Å²) in [7, 11) is 0. The average Bonchev–Trinajstić information content (AvgIpc) is 3.27. The molecule has 1 aliphatic rings. The number of hydrogen-bond donors (Lipinski definition) is 0. The van der Waals surface area contributed by atoms with Crippen molar-refractivity contribution in [3.63, 3.8) is 0 Å². The molecule has 1 fully saturated rings. The molecule has 0 bridgehead atoms. The second kappa shape index (κ2) is 7.57. The number of ether oxygens (including phenoxy) is 1. The predicted octanol–water partition coefficient (Wildman–Crippen LogP) is 4.26. The molecule has 0 aromatic heterocycles. The molecule has 0 unspecified atom stereocenters. The monoisotopic (exact) mass is 295 g/mol. The van der Waals surface area contributed by atoms with E-state index in [2.05, 4.69) is 72.5 Å². The summed E-state index contributed by atoms with van der Waals surface area (Å²) < 4.78 is 5.82. The Labute approximate surface area is 133 Å². The van der Waals surface area contributed by atoms with E-state index < -0.39 is 0 Å². The second-order valence-electron chi connectivity index (χ2n) is 6.14. The van der Waals surface area contributed by atoms with Gasteiger partial charge in [0.05, 0.1) is 12.2 Å². The molecule has 2 aromatic carbocycles. The summed E-state index contributed by atoms with van der Waals surface area (Å²) in [5.41, 5.74) is 2.73. The predicted molar refractivity (Wildman–Crippen MR) is 90.6 cm³/mol. The zero-order valence-corrected chi connectivity index (χ0v) is 13.3. The molecule has 2 aromatic rings. The van der Waals surface area contributed by atoms with Gasteiger partial charge in [0, 0.05) is 19.6 Å². The maximum Gasteiger partial charge on any atom is 0.0968 e. The highest BCUT2D eigenvalue weighted by Crippen LogP contribution is 2.28. The third-order valence-corrected chi connectivity index (χ3v) is 4.20. The largest absolute Gasteiger partial charge is 0.368 e. The fourth-order valence-electron chi connectivity index (χ4n) is 3.00. The van der Waals surface area contributed by atoms with Crippen molar-refractivity contribution in [1.82, 2.24) is 4.90 Å². The Morgan fingerprint density at radius 2 is 1.36 bits per heavy atom. The maximum absolute atomic E-state index is 5.82. The lowest BCUT2D eigenvalue weighted by molar-refractivity contribution is 0.226. The Morgan fingerprint density at radius 1 is 0.818 bits per heavy atom. The van der Waals surface area contributed by atoms with Crippen LogP contribution in [0.2, 0.25) is 0 Å². The Morgan fingerprint density at radius 3 is 1.86 bits per heavy atom. The molecule has 1 heterocycles. The molecule has 116 valence electrons. The van der Waals surface area contributed by atoms with Crippen molar-refractivity contribution in [2.75, 3.05) is 6.54 Å². The smallest absolute Gasteiger partial charge is 0.0968 e. The second-order valence-corrected chi connectivity index (χ2v) is 6.14. The Hall–Kier alpha value is -1.64. The van der Waals surface area contributed by atoms with Gasteiger partial charge in [0.2, 0.25) is 0 Å². The van der Waals surface area contributed by atoms with Crippen molar-refractivity contribution in [2.24, 2.45) is 0 Å². The van der Waals surface area contributed by atoms with Gasteiger partial charge in [-0.3, -0.25) is 4.90 Å². The fraction of sp³-hybridized carbons (Fsp3) is 0.400. The molecular weight excluding hydrogens is 270 g/mol. The number of nitrogens with zero attached hydrogens (tertiary/aromatic N) is 1. The van der Waals surface area contributed by atoms with Crippen molar-refractivity contribution in [2.45, 2.75) is 45.1 Å². The number of benzene rings is 2. The van der Waals surface area contributed by atoms with Crippen molar-refractivity contribution in [3.8, 4) is 0 Å². The Bertz CT molecular complexity index is 513. The quantitative estimate of drug-likeness (QED) is 0.676. The van der Waals surface area contributed by atoms with Crippen LogP contribution in [0, 0.1) is 0 Å². The molecule has 2 atom stereocenters. The first kappa shape index (κ1) is 15.3. The first-order chi connectivity index (χ1) is 10.8. The van der Waals surface area contributed by atoms with Crippen LogP contribution < -0.4 is 0 Å². The number of rotatable bonds is 8. The van der Waals surface area contributed by atoms with E-state index in [1.165, 1.54) is 24.0 Å². The topological polar surface area (TPSA) is 15.8 Å². The first-order valence-electron chi connectivity index (χ1n) is 8.31. The lowest BCUT2D eigenvalue weighted by Gasteiger charge is -2.22. The molecule has 0 radical (unpaired) electrons. The van der Waals surface area contributed by atoms with Crippen LogP contribution >= 0.6 is 0 Å². The number of hydrogen-bond acceptors (Lipinski definition) is 2. The zero-order valence-electron chi connectivity index (χ0n) is 13.3. The molecule has 0 N–H and O–H groups in total. The van der Waals surface area contributed by atoms with Crippen LogP contribution in [0.25, 0.3) is 0 Å². The van der Waals surface area contributed by atoms with E-state index in [1.807, 2.05) is 0 Å². The van der Waals surface area contributed by atoms with Gasteiger partial charge in [0.1, 0.15) is 0 Å². The van der Waals surface area contributed by atoms with Crippen molar-refractivity contribution >= 4 is 0 Å². The van der Waals surface area contributed by atoms with Crippen LogP contribution in [0.4, 0.5) is 0 Å². The van der Waals surface area contributed by atoms with Crippen LogP contribution in [0.5, 0.6) is 0 Å². The van der Waals surface area contributed by atoms with Crippen LogP contribution in [0.15, 0.2) is 60.7 Å². The van der Waals surface area contributed by atoms with Gasteiger partial charge in [-0.25, -0.2) is 0 Å². The molecule has 0 amide bonds. The highest BCUT2D eigenvalue weighted by molar-refractivity contribution is 5.17. The third kappa shape index (κ3) is 4.43. The van der Waals surface area contributed by atoms with Gasteiger partial charge in [0.15, 0.2) is 0 Å². The van der Waals surface area contributed by atoms with Gasteiger partial charge in [-0.15, -0.1) is 0 Å². The lowest BCUT2D eigenvalue weighted by Crippen LogP contribution is -2.27. The van der Waals surface area contributed by atoms with E-state index in [0.29, 0.717) is 12.2 Å². The molecule has 0 aliphatic carbocycles. The molecule has 0 spiro atoms. The lowest BCUT2D eigenvalue weighted by atomic mass is 10.1. The van der Waals surface area contributed by atoms with Gasteiger partial charge in [-0.05, 0) is 17.5 Å². The first-order valence-corrected chi connectivity index (χ1v) is 8.31. The van der Waals surface area contributed by atoms with Crippen LogP contribution in [0.1, 0.15) is 30.9 Å². The summed E-state index contributed by atoms with van der Waals surface area (Å²) in [6, 6.07) is 21.4. The highest BCUT2D eigenvalue weighted by atomic mass is 16.6. The fourth-order valence-corrected chi connectivity index (χ4v) is 3.00. The number of epoxide rings is 1. The van der Waals surface area contributed by atoms with Crippen molar-refractivity contribution in [1.29, 1.82) is 0 Å². The van der Waals surface area contributed by atoms with Gasteiger partial charge in [-0.1, -0.05) is 74.0 Å². The molecule has 1 saturated heterocycles. The third-order valence-electron chi connectivity index (χ3n) is 4.20. The van der Waals surface area contributed by atoms with Crippen molar-refractivity contribution in [3.05, 3.63) is 71.8 Å². The zero-order chi connectivity index (χ0) is 15.2. The molecule has 1 aliphatic heterocycles. The van der Waals surface area contributed by atoms with Crippen LogP contribution in [-0.4, -0.2) is 23.7 Å². The maximum atomic E-state index is 5.82.